The van der Waals surface area contributed by atoms with E-state index in [-0.39, 0.29) is 15.7 Å². The number of sulfonamides is 1. The lowest BCUT2D eigenvalue weighted by Gasteiger charge is -2.13. The van der Waals surface area contributed by atoms with Crippen LogP contribution >= 0.6 is 23.2 Å². The fourth-order valence-corrected chi connectivity index (χ4v) is 3.35. The molecule has 0 heterocycles. The van der Waals surface area contributed by atoms with Crippen LogP contribution in [-0.2, 0) is 10.0 Å². The van der Waals surface area contributed by atoms with Crippen LogP contribution in [0.2, 0.25) is 10.0 Å². The zero-order valence-corrected chi connectivity index (χ0v) is 12.7. The molecule has 0 radical (unpaired) electrons. The molecule has 3 nitrogen and oxygen atoms in total. The summed E-state index contributed by atoms with van der Waals surface area (Å²) in [5.74, 6) is -0.847. The minimum absolute atomic E-state index is 0.0385. The van der Waals surface area contributed by atoms with Gasteiger partial charge in [-0.1, -0.05) is 41.4 Å². The molecule has 20 heavy (non-hydrogen) atoms. The average molecular weight is 334 g/mol. The van der Waals surface area contributed by atoms with E-state index in [4.69, 9.17) is 23.2 Å². The molecule has 0 fully saturated rings. The minimum atomic E-state index is -4.10. The molecule has 2 aromatic rings. The van der Waals surface area contributed by atoms with Crippen molar-refractivity contribution in [3.63, 3.8) is 0 Å². The molecule has 0 atom stereocenters. The highest BCUT2D eigenvalue weighted by atomic mass is 35.5. The molecule has 0 bridgehead atoms. The molecule has 0 unspecified atom stereocenters. The summed E-state index contributed by atoms with van der Waals surface area (Å²) >= 11 is 12.0. The lowest BCUT2D eigenvalue weighted by Crippen LogP contribution is -2.15. The summed E-state index contributed by atoms with van der Waals surface area (Å²) in [4.78, 5) is -0.464. The van der Waals surface area contributed by atoms with Gasteiger partial charge in [-0.2, -0.15) is 0 Å². The third-order valence-electron chi connectivity index (χ3n) is 2.65. The van der Waals surface area contributed by atoms with E-state index in [1.165, 1.54) is 18.2 Å². The van der Waals surface area contributed by atoms with Gasteiger partial charge in [0.15, 0.2) is 0 Å². The predicted octanol–water partition coefficient (Wildman–Crippen LogP) is 4.24. The smallest absolute Gasteiger partial charge is 0.264 e. The maximum absolute atomic E-state index is 13.6. The molecule has 1 N–H and O–H groups in total. The zero-order valence-electron chi connectivity index (χ0n) is 10.3. The monoisotopic (exact) mass is 333 g/mol. The van der Waals surface area contributed by atoms with Gasteiger partial charge in [0.2, 0.25) is 0 Å². The van der Waals surface area contributed by atoms with Crippen LogP contribution in [0.5, 0.6) is 0 Å². The largest absolute Gasteiger partial charge is 0.276 e. The first-order valence-electron chi connectivity index (χ1n) is 5.55. The van der Waals surface area contributed by atoms with Gasteiger partial charge in [0.05, 0.1) is 15.7 Å². The number of aryl methyl sites for hydroxylation is 1. The fraction of sp³-hybridized carbons (Fsp3) is 0.0769. The highest BCUT2D eigenvalue weighted by molar-refractivity contribution is 7.92. The fourth-order valence-electron chi connectivity index (χ4n) is 1.60. The van der Waals surface area contributed by atoms with E-state index in [0.717, 1.165) is 12.1 Å². The van der Waals surface area contributed by atoms with Crippen LogP contribution in [-0.4, -0.2) is 8.42 Å². The molecule has 0 aromatic heterocycles. The Morgan fingerprint density at radius 2 is 1.75 bits per heavy atom. The van der Waals surface area contributed by atoms with Gasteiger partial charge in [0, 0.05) is 0 Å². The van der Waals surface area contributed by atoms with Crippen molar-refractivity contribution < 1.29 is 12.8 Å². The van der Waals surface area contributed by atoms with Gasteiger partial charge in [-0.05, 0) is 30.7 Å². The molecule has 0 aliphatic carbocycles. The van der Waals surface area contributed by atoms with Crippen LogP contribution in [0, 0.1) is 12.7 Å². The summed E-state index contributed by atoms with van der Waals surface area (Å²) in [6.07, 6.45) is 0. The van der Waals surface area contributed by atoms with E-state index in [2.05, 4.69) is 4.72 Å². The highest BCUT2D eigenvalue weighted by Gasteiger charge is 2.21. The van der Waals surface area contributed by atoms with E-state index in [1.54, 1.807) is 13.0 Å². The second-order valence-corrected chi connectivity index (χ2v) is 6.53. The normalized spacial score (nSPS) is 11.4. The first kappa shape index (κ1) is 15.1. The molecule has 2 aromatic carbocycles. The zero-order chi connectivity index (χ0) is 14.9. The van der Waals surface area contributed by atoms with Crippen LogP contribution < -0.4 is 4.72 Å². The Labute approximate surface area is 126 Å². The van der Waals surface area contributed by atoms with Crippen molar-refractivity contribution in [1.82, 2.24) is 0 Å². The van der Waals surface area contributed by atoms with Crippen molar-refractivity contribution in [2.45, 2.75) is 11.8 Å². The summed E-state index contributed by atoms with van der Waals surface area (Å²) in [6, 6.07) is 8.23. The Hall–Kier alpha value is -1.30. The molecular formula is C13H10Cl2FNO2S. The molecule has 106 valence electrons. The molecule has 0 saturated carbocycles. The Bertz CT molecular complexity index is 763. The van der Waals surface area contributed by atoms with Gasteiger partial charge >= 0.3 is 0 Å². The SMILES string of the molecule is Cc1ccc(Cl)c(NS(=O)(=O)c2ccccc2F)c1Cl. The number of benzene rings is 2. The molecule has 2 rings (SSSR count). The third-order valence-corrected chi connectivity index (χ3v) is 4.83. The Balaban J connectivity index is 2.50. The summed E-state index contributed by atoms with van der Waals surface area (Å²) in [5.41, 5.74) is 0.693. The third kappa shape index (κ3) is 2.90. The molecule has 0 spiro atoms. The van der Waals surface area contributed by atoms with E-state index >= 15 is 0 Å². The molecule has 0 aliphatic heterocycles. The van der Waals surface area contributed by atoms with Gasteiger partial charge in [-0.15, -0.1) is 0 Å². The molecule has 7 heteroatoms. The lowest BCUT2D eigenvalue weighted by atomic mass is 10.2. The van der Waals surface area contributed by atoms with Gasteiger partial charge < -0.3 is 0 Å². The quantitative estimate of drug-likeness (QED) is 0.912. The van der Waals surface area contributed by atoms with Crippen molar-refractivity contribution >= 4 is 38.9 Å². The summed E-state index contributed by atoms with van der Waals surface area (Å²) in [5, 5.41) is 0.318. The number of anilines is 1. The van der Waals surface area contributed by atoms with Crippen LogP contribution in [0.15, 0.2) is 41.3 Å². The van der Waals surface area contributed by atoms with E-state index < -0.39 is 20.7 Å². The number of hydrogen-bond acceptors (Lipinski definition) is 2. The Morgan fingerprint density at radius 3 is 2.40 bits per heavy atom. The topological polar surface area (TPSA) is 46.2 Å². The maximum Gasteiger partial charge on any atom is 0.264 e. The van der Waals surface area contributed by atoms with Crippen molar-refractivity contribution in [2.75, 3.05) is 4.72 Å². The van der Waals surface area contributed by atoms with Crippen molar-refractivity contribution in [3.05, 3.63) is 57.8 Å². The highest BCUT2D eigenvalue weighted by Crippen LogP contribution is 2.34. The van der Waals surface area contributed by atoms with Crippen LogP contribution in [0.1, 0.15) is 5.56 Å². The molecule has 0 saturated heterocycles. The van der Waals surface area contributed by atoms with Gasteiger partial charge in [0.25, 0.3) is 10.0 Å². The molecular weight excluding hydrogens is 324 g/mol. The van der Waals surface area contributed by atoms with Crippen LogP contribution in [0.25, 0.3) is 0 Å². The standard InChI is InChI=1S/C13H10Cl2FNO2S/c1-8-6-7-9(14)13(12(8)15)17-20(18,19)11-5-3-2-4-10(11)16/h2-7,17H,1H3. The Kier molecular flexibility index (Phi) is 4.22. The van der Waals surface area contributed by atoms with E-state index in [9.17, 15) is 12.8 Å². The Morgan fingerprint density at radius 1 is 1.10 bits per heavy atom. The van der Waals surface area contributed by atoms with E-state index in [1.807, 2.05) is 0 Å². The first-order chi connectivity index (χ1) is 9.33. The number of halogens is 3. The summed E-state index contributed by atoms with van der Waals surface area (Å²) in [7, 11) is -4.10. The minimum Gasteiger partial charge on any atom is -0.276 e. The molecule has 0 amide bonds. The maximum atomic E-state index is 13.6. The van der Waals surface area contributed by atoms with Gasteiger partial charge in [0.1, 0.15) is 10.7 Å². The van der Waals surface area contributed by atoms with Gasteiger partial charge in [-0.3, -0.25) is 4.72 Å². The van der Waals surface area contributed by atoms with Crippen molar-refractivity contribution in [1.29, 1.82) is 0 Å². The number of nitrogens with one attached hydrogen (secondary N) is 1. The predicted molar refractivity (Wildman–Crippen MR) is 78.4 cm³/mol. The van der Waals surface area contributed by atoms with Crippen LogP contribution in [0.3, 0.4) is 0 Å². The van der Waals surface area contributed by atoms with Gasteiger partial charge in [-0.25, -0.2) is 12.8 Å². The lowest BCUT2D eigenvalue weighted by molar-refractivity contribution is 0.570. The summed E-state index contributed by atoms with van der Waals surface area (Å²) < 4.78 is 40.1. The number of hydrogen-bond donors (Lipinski definition) is 1. The van der Waals surface area contributed by atoms with Crippen LogP contribution in [0.4, 0.5) is 10.1 Å². The number of rotatable bonds is 3. The first-order valence-corrected chi connectivity index (χ1v) is 7.79. The summed E-state index contributed by atoms with van der Waals surface area (Å²) in [6.45, 7) is 1.71. The second-order valence-electron chi connectivity index (χ2n) is 4.09. The second kappa shape index (κ2) is 5.60. The molecule has 0 aliphatic rings. The van der Waals surface area contributed by atoms with Crippen molar-refractivity contribution in [3.8, 4) is 0 Å². The average Bonchev–Trinajstić information content (AvgIpc) is 2.39. The van der Waals surface area contributed by atoms with E-state index in [0.29, 0.717) is 5.56 Å². The van der Waals surface area contributed by atoms with Crippen molar-refractivity contribution in [2.24, 2.45) is 0 Å².